The minimum Gasteiger partial charge on any atom is -0.340 e. The van der Waals surface area contributed by atoms with Gasteiger partial charge in [-0.2, -0.15) is 0 Å². The molecule has 1 aliphatic heterocycles. The van der Waals surface area contributed by atoms with Crippen molar-refractivity contribution in [2.24, 2.45) is 0 Å². The largest absolute Gasteiger partial charge is 0.340 e. The second-order valence-corrected chi connectivity index (χ2v) is 7.04. The van der Waals surface area contributed by atoms with Crippen LogP contribution in [-0.4, -0.2) is 52.8 Å². The summed E-state index contributed by atoms with van der Waals surface area (Å²) in [7, 11) is 0. The van der Waals surface area contributed by atoms with Crippen LogP contribution in [0.5, 0.6) is 0 Å². The van der Waals surface area contributed by atoms with Gasteiger partial charge in [0.05, 0.1) is 11.4 Å². The monoisotopic (exact) mass is 399 g/mol. The molecule has 2 heterocycles. The second-order valence-electron chi connectivity index (χ2n) is 5.82. The molecule has 1 N–H and O–H groups in total. The number of nitrogens with zero attached hydrogens (tertiary/aromatic N) is 2. The van der Waals surface area contributed by atoms with Crippen molar-refractivity contribution in [2.45, 2.75) is 6.42 Å². The molecule has 0 unspecified atom stereocenters. The highest BCUT2D eigenvalue weighted by molar-refractivity contribution is 6.41. The molecule has 1 aromatic heterocycles. The first-order valence-electron chi connectivity index (χ1n) is 7.79. The van der Waals surface area contributed by atoms with Gasteiger partial charge in [0.15, 0.2) is 0 Å². The summed E-state index contributed by atoms with van der Waals surface area (Å²) in [6.07, 6.45) is 0.326. The predicted octanol–water partition coefficient (Wildman–Crippen LogP) is 3.50. The molecule has 1 saturated heterocycles. The highest BCUT2D eigenvalue weighted by Gasteiger charge is 2.26. The summed E-state index contributed by atoms with van der Waals surface area (Å²) in [5, 5.41) is 1.22. The van der Waals surface area contributed by atoms with Crippen LogP contribution in [0.3, 0.4) is 0 Å². The molecule has 1 aromatic carbocycles. The average Bonchev–Trinajstić information content (AvgIpc) is 2.95. The number of hydrogen-bond donors (Lipinski definition) is 1. The maximum absolute atomic E-state index is 12.4. The minimum atomic E-state index is -0.168. The van der Waals surface area contributed by atoms with Crippen LogP contribution in [0.15, 0.2) is 30.3 Å². The number of amides is 2. The van der Waals surface area contributed by atoms with Crippen molar-refractivity contribution in [3.63, 3.8) is 0 Å². The van der Waals surface area contributed by atoms with Crippen LogP contribution < -0.4 is 0 Å². The zero-order valence-corrected chi connectivity index (χ0v) is 15.5. The molecule has 0 bridgehead atoms. The van der Waals surface area contributed by atoms with E-state index in [1.54, 1.807) is 21.9 Å². The highest BCUT2D eigenvalue weighted by atomic mass is 35.5. The van der Waals surface area contributed by atoms with E-state index in [0.717, 1.165) is 5.56 Å². The van der Waals surface area contributed by atoms with Gasteiger partial charge in [-0.25, -0.2) is 0 Å². The third-order valence-corrected chi connectivity index (χ3v) is 5.09. The van der Waals surface area contributed by atoms with Crippen molar-refractivity contribution in [2.75, 3.05) is 26.2 Å². The third kappa shape index (κ3) is 4.29. The molecular formula is C17H16Cl3N3O2. The molecule has 25 heavy (non-hydrogen) atoms. The maximum atomic E-state index is 12.4. The van der Waals surface area contributed by atoms with E-state index >= 15 is 0 Å². The van der Waals surface area contributed by atoms with Crippen LogP contribution in [-0.2, 0) is 11.2 Å². The standard InChI is InChI=1S/C17H16Cl3N3O2/c18-12-3-1-11(2-4-12)9-15(24)22-5-7-23(8-6-22)17(25)14-10-13(19)16(20)21-14/h1-4,10,21H,5-9H2. The normalized spacial score (nSPS) is 14.7. The molecule has 0 spiro atoms. The summed E-state index contributed by atoms with van der Waals surface area (Å²) in [4.78, 5) is 31.0. The van der Waals surface area contributed by atoms with E-state index < -0.39 is 0 Å². The van der Waals surface area contributed by atoms with Gasteiger partial charge in [0.2, 0.25) is 5.91 Å². The lowest BCUT2D eigenvalue weighted by Crippen LogP contribution is -2.51. The molecule has 3 rings (SSSR count). The van der Waals surface area contributed by atoms with Crippen LogP contribution in [0.1, 0.15) is 16.1 Å². The molecule has 1 fully saturated rings. The summed E-state index contributed by atoms with van der Waals surface area (Å²) in [5.41, 5.74) is 1.28. The molecular weight excluding hydrogens is 385 g/mol. The predicted molar refractivity (Wildman–Crippen MR) is 98.5 cm³/mol. The molecule has 8 heteroatoms. The van der Waals surface area contributed by atoms with Crippen molar-refractivity contribution in [1.82, 2.24) is 14.8 Å². The van der Waals surface area contributed by atoms with E-state index in [0.29, 0.717) is 48.3 Å². The number of aromatic amines is 1. The Morgan fingerprint density at radius 2 is 1.56 bits per heavy atom. The van der Waals surface area contributed by atoms with Crippen LogP contribution in [0.4, 0.5) is 0 Å². The lowest BCUT2D eigenvalue weighted by atomic mass is 10.1. The molecule has 0 aliphatic carbocycles. The number of hydrogen-bond acceptors (Lipinski definition) is 2. The molecule has 0 atom stereocenters. The second kappa shape index (κ2) is 7.68. The van der Waals surface area contributed by atoms with E-state index in [4.69, 9.17) is 34.8 Å². The number of nitrogens with one attached hydrogen (secondary N) is 1. The van der Waals surface area contributed by atoms with E-state index in [2.05, 4.69) is 4.98 Å². The van der Waals surface area contributed by atoms with Gasteiger partial charge in [-0.3, -0.25) is 9.59 Å². The van der Waals surface area contributed by atoms with Gasteiger partial charge in [0.1, 0.15) is 10.8 Å². The maximum Gasteiger partial charge on any atom is 0.270 e. The summed E-state index contributed by atoms with van der Waals surface area (Å²) >= 11 is 17.6. The van der Waals surface area contributed by atoms with Crippen LogP contribution in [0.2, 0.25) is 15.2 Å². The Balaban J connectivity index is 1.55. The SMILES string of the molecule is O=C(Cc1ccc(Cl)cc1)N1CCN(C(=O)c2cc(Cl)c(Cl)[nH]2)CC1. The molecule has 2 aromatic rings. The van der Waals surface area contributed by atoms with Crippen LogP contribution in [0.25, 0.3) is 0 Å². The Labute approximate surface area is 160 Å². The molecule has 132 valence electrons. The zero-order chi connectivity index (χ0) is 18.0. The summed E-state index contributed by atoms with van der Waals surface area (Å²) in [5.74, 6) is -0.126. The van der Waals surface area contributed by atoms with E-state index in [9.17, 15) is 9.59 Å². The number of piperazine rings is 1. The Morgan fingerprint density at radius 1 is 0.960 bits per heavy atom. The average molecular weight is 401 g/mol. The fourth-order valence-electron chi connectivity index (χ4n) is 2.74. The lowest BCUT2D eigenvalue weighted by Gasteiger charge is -2.34. The van der Waals surface area contributed by atoms with E-state index in [1.165, 1.54) is 6.07 Å². The molecule has 2 amide bonds. The number of halogens is 3. The van der Waals surface area contributed by atoms with Gasteiger partial charge in [0, 0.05) is 31.2 Å². The number of carbonyl (C=O) groups excluding carboxylic acids is 2. The van der Waals surface area contributed by atoms with E-state index in [1.807, 2.05) is 12.1 Å². The first-order chi connectivity index (χ1) is 11.9. The van der Waals surface area contributed by atoms with Crippen LogP contribution in [0, 0.1) is 0 Å². The molecule has 5 nitrogen and oxygen atoms in total. The zero-order valence-electron chi connectivity index (χ0n) is 13.3. The summed E-state index contributed by atoms with van der Waals surface area (Å²) in [6.45, 7) is 1.94. The topological polar surface area (TPSA) is 56.4 Å². The minimum absolute atomic E-state index is 0.0420. The number of carbonyl (C=O) groups is 2. The van der Waals surface area contributed by atoms with Gasteiger partial charge in [-0.1, -0.05) is 46.9 Å². The number of benzene rings is 1. The molecule has 0 saturated carbocycles. The Morgan fingerprint density at radius 3 is 2.12 bits per heavy atom. The first kappa shape index (κ1) is 18.1. The van der Waals surface area contributed by atoms with Gasteiger partial charge < -0.3 is 14.8 Å². The Hall–Kier alpha value is -1.69. The van der Waals surface area contributed by atoms with Crippen LogP contribution >= 0.6 is 34.8 Å². The van der Waals surface area contributed by atoms with Gasteiger partial charge in [-0.15, -0.1) is 0 Å². The van der Waals surface area contributed by atoms with Gasteiger partial charge in [0.25, 0.3) is 5.91 Å². The number of H-pyrrole nitrogens is 1. The fraction of sp³-hybridized carbons (Fsp3) is 0.294. The van der Waals surface area contributed by atoms with Crippen molar-refractivity contribution in [3.05, 3.63) is 56.8 Å². The Bertz CT molecular complexity index is 761. The van der Waals surface area contributed by atoms with E-state index in [-0.39, 0.29) is 17.0 Å². The van der Waals surface area contributed by atoms with Gasteiger partial charge in [-0.05, 0) is 23.8 Å². The number of rotatable bonds is 3. The van der Waals surface area contributed by atoms with Crippen molar-refractivity contribution >= 4 is 46.6 Å². The fourth-order valence-corrected chi connectivity index (χ4v) is 3.18. The van der Waals surface area contributed by atoms with Gasteiger partial charge >= 0.3 is 0 Å². The first-order valence-corrected chi connectivity index (χ1v) is 8.93. The molecule has 0 radical (unpaired) electrons. The lowest BCUT2D eigenvalue weighted by molar-refractivity contribution is -0.131. The Kier molecular flexibility index (Phi) is 5.57. The van der Waals surface area contributed by atoms with Crippen molar-refractivity contribution in [3.8, 4) is 0 Å². The van der Waals surface area contributed by atoms with Crippen molar-refractivity contribution < 1.29 is 9.59 Å². The highest BCUT2D eigenvalue weighted by Crippen LogP contribution is 2.23. The quantitative estimate of drug-likeness (QED) is 0.857. The number of aromatic nitrogens is 1. The van der Waals surface area contributed by atoms with Crippen molar-refractivity contribution in [1.29, 1.82) is 0 Å². The summed E-state index contributed by atoms with van der Waals surface area (Å²) < 4.78 is 0. The summed E-state index contributed by atoms with van der Waals surface area (Å²) in [6, 6.07) is 8.75. The smallest absolute Gasteiger partial charge is 0.270 e. The molecule has 1 aliphatic rings. The third-order valence-electron chi connectivity index (χ3n) is 4.14.